The van der Waals surface area contributed by atoms with Crippen LogP contribution in [0.25, 0.3) is 5.52 Å². The van der Waals surface area contributed by atoms with Crippen molar-refractivity contribution < 1.29 is 23.1 Å². The lowest BCUT2D eigenvalue weighted by molar-refractivity contribution is -0.196. The zero-order chi connectivity index (χ0) is 15.1. The standard InChI is InChI=1S/C11H10F3N3O3/c1-6-4-8-9(18)16(2-3-17(8)15-6)5-7(10(19)20)11(12,13)14/h2-4,7H,5H2,1H3,(H,19,20). The molecule has 1 atom stereocenters. The van der Waals surface area contributed by atoms with E-state index in [0.717, 1.165) is 10.8 Å². The van der Waals surface area contributed by atoms with Gasteiger partial charge in [-0.3, -0.25) is 9.59 Å². The van der Waals surface area contributed by atoms with Gasteiger partial charge in [0.1, 0.15) is 5.52 Å². The molecule has 0 fully saturated rings. The molecule has 2 aromatic rings. The van der Waals surface area contributed by atoms with E-state index in [1.54, 1.807) is 6.92 Å². The van der Waals surface area contributed by atoms with Gasteiger partial charge in [0.15, 0.2) is 5.92 Å². The normalized spacial score (nSPS) is 13.6. The Labute approximate surface area is 110 Å². The Morgan fingerprint density at radius 3 is 2.65 bits per heavy atom. The van der Waals surface area contributed by atoms with Gasteiger partial charge in [0.2, 0.25) is 0 Å². The van der Waals surface area contributed by atoms with Crippen molar-refractivity contribution in [1.82, 2.24) is 14.2 Å². The Bertz CT molecular complexity index is 717. The molecular formula is C11H10F3N3O3. The average Bonchev–Trinajstić information content (AvgIpc) is 2.67. The average molecular weight is 289 g/mol. The Hall–Kier alpha value is -2.32. The fraction of sp³-hybridized carbons (Fsp3) is 0.364. The lowest BCUT2D eigenvalue weighted by Gasteiger charge is -2.17. The van der Waals surface area contributed by atoms with E-state index in [9.17, 15) is 22.8 Å². The molecule has 2 aromatic heterocycles. The molecule has 1 N–H and O–H groups in total. The summed E-state index contributed by atoms with van der Waals surface area (Å²) in [5.74, 6) is -4.65. The van der Waals surface area contributed by atoms with Gasteiger partial charge in [-0.15, -0.1) is 0 Å². The van der Waals surface area contributed by atoms with Gasteiger partial charge < -0.3 is 9.67 Å². The first kappa shape index (κ1) is 14.1. The molecule has 20 heavy (non-hydrogen) atoms. The Kier molecular flexibility index (Phi) is 3.28. The van der Waals surface area contributed by atoms with Crippen LogP contribution in [-0.2, 0) is 11.3 Å². The Morgan fingerprint density at radius 1 is 1.45 bits per heavy atom. The molecule has 0 spiro atoms. The summed E-state index contributed by atoms with van der Waals surface area (Å²) in [5, 5.41) is 12.6. The molecule has 0 saturated heterocycles. The minimum atomic E-state index is -4.92. The summed E-state index contributed by atoms with van der Waals surface area (Å²) in [6.45, 7) is 0.658. The smallest absolute Gasteiger partial charge is 0.403 e. The molecule has 108 valence electrons. The second kappa shape index (κ2) is 4.66. The van der Waals surface area contributed by atoms with Crippen LogP contribution in [0.3, 0.4) is 0 Å². The molecule has 6 nitrogen and oxygen atoms in total. The van der Waals surface area contributed by atoms with Gasteiger partial charge in [-0.1, -0.05) is 0 Å². The number of fused-ring (bicyclic) bond motifs is 1. The highest BCUT2D eigenvalue weighted by Gasteiger charge is 2.45. The van der Waals surface area contributed by atoms with Crippen molar-refractivity contribution in [3.63, 3.8) is 0 Å². The molecule has 0 saturated carbocycles. The first-order valence-corrected chi connectivity index (χ1v) is 5.55. The minimum Gasteiger partial charge on any atom is -0.481 e. The molecule has 2 heterocycles. The van der Waals surface area contributed by atoms with Gasteiger partial charge in [-0.2, -0.15) is 18.3 Å². The van der Waals surface area contributed by atoms with Crippen molar-refractivity contribution in [3.8, 4) is 0 Å². The number of rotatable bonds is 3. The number of aryl methyl sites for hydroxylation is 1. The molecule has 9 heteroatoms. The molecular weight excluding hydrogens is 279 g/mol. The van der Waals surface area contributed by atoms with E-state index >= 15 is 0 Å². The van der Waals surface area contributed by atoms with Crippen LogP contribution in [0, 0.1) is 12.8 Å². The molecule has 2 rings (SSSR count). The quantitative estimate of drug-likeness (QED) is 0.917. The van der Waals surface area contributed by atoms with Crippen molar-refractivity contribution in [2.75, 3.05) is 0 Å². The van der Waals surface area contributed by atoms with E-state index in [-0.39, 0.29) is 5.52 Å². The Balaban J connectivity index is 2.45. The van der Waals surface area contributed by atoms with Crippen LogP contribution in [-0.4, -0.2) is 31.4 Å². The highest BCUT2D eigenvalue weighted by atomic mass is 19.4. The number of carbonyl (C=O) groups is 1. The number of hydrogen-bond acceptors (Lipinski definition) is 3. The SMILES string of the molecule is Cc1cc2c(=O)n(CC(C(=O)O)C(F)(F)F)ccn2n1. The molecule has 0 aliphatic heterocycles. The van der Waals surface area contributed by atoms with Crippen LogP contribution in [0.15, 0.2) is 23.3 Å². The highest BCUT2D eigenvalue weighted by molar-refractivity contribution is 5.70. The largest absolute Gasteiger partial charge is 0.481 e. The maximum Gasteiger partial charge on any atom is 0.403 e. The number of aliphatic carboxylic acids is 1. The molecule has 0 bridgehead atoms. The lowest BCUT2D eigenvalue weighted by Crippen LogP contribution is -2.37. The van der Waals surface area contributed by atoms with Gasteiger partial charge in [0.05, 0.1) is 5.69 Å². The molecule has 0 aliphatic rings. The monoisotopic (exact) mass is 289 g/mol. The van der Waals surface area contributed by atoms with Gasteiger partial charge in [-0.05, 0) is 13.0 Å². The van der Waals surface area contributed by atoms with Crippen molar-refractivity contribution in [2.24, 2.45) is 5.92 Å². The zero-order valence-electron chi connectivity index (χ0n) is 10.3. The number of alkyl halides is 3. The number of nitrogens with zero attached hydrogens (tertiary/aromatic N) is 3. The van der Waals surface area contributed by atoms with E-state index in [2.05, 4.69) is 5.10 Å². The molecule has 0 aliphatic carbocycles. The van der Waals surface area contributed by atoms with Crippen LogP contribution >= 0.6 is 0 Å². The van der Waals surface area contributed by atoms with E-state index in [0.29, 0.717) is 5.69 Å². The molecule has 0 aromatic carbocycles. The molecule has 0 amide bonds. The Morgan fingerprint density at radius 2 is 2.10 bits per heavy atom. The van der Waals surface area contributed by atoms with Crippen molar-refractivity contribution >= 4 is 11.5 Å². The van der Waals surface area contributed by atoms with E-state index in [1.807, 2.05) is 0 Å². The summed E-state index contributed by atoms with van der Waals surface area (Å²) in [6, 6.07) is 1.42. The summed E-state index contributed by atoms with van der Waals surface area (Å²) in [4.78, 5) is 22.6. The van der Waals surface area contributed by atoms with Crippen LogP contribution in [0.4, 0.5) is 13.2 Å². The maximum absolute atomic E-state index is 12.6. The first-order valence-electron chi connectivity index (χ1n) is 5.55. The number of carboxylic acid groups (broad SMARTS) is 1. The second-order valence-corrected chi connectivity index (χ2v) is 4.30. The lowest BCUT2D eigenvalue weighted by atomic mass is 10.1. The van der Waals surface area contributed by atoms with Crippen LogP contribution in [0.2, 0.25) is 0 Å². The number of halogens is 3. The fourth-order valence-corrected chi connectivity index (χ4v) is 1.81. The van der Waals surface area contributed by atoms with Crippen molar-refractivity contribution in [2.45, 2.75) is 19.6 Å². The zero-order valence-corrected chi connectivity index (χ0v) is 10.3. The summed E-state index contributed by atoms with van der Waals surface area (Å²) in [6.07, 6.45) is -2.53. The minimum absolute atomic E-state index is 0.0938. The second-order valence-electron chi connectivity index (χ2n) is 4.30. The highest BCUT2D eigenvalue weighted by Crippen LogP contribution is 2.27. The van der Waals surface area contributed by atoms with Crippen molar-refractivity contribution in [3.05, 3.63) is 34.5 Å². The predicted molar refractivity (Wildman–Crippen MR) is 61.4 cm³/mol. The predicted octanol–water partition coefficient (Wildman–Crippen LogP) is 1.07. The number of aromatic nitrogens is 3. The van der Waals surface area contributed by atoms with Gasteiger partial charge >= 0.3 is 12.1 Å². The number of carboxylic acids is 1. The van der Waals surface area contributed by atoms with E-state index in [4.69, 9.17) is 5.11 Å². The number of hydrogen-bond donors (Lipinski definition) is 1. The third kappa shape index (κ3) is 2.51. The van der Waals surface area contributed by atoms with Crippen LogP contribution in [0.5, 0.6) is 0 Å². The first-order chi connectivity index (χ1) is 9.20. The topological polar surface area (TPSA) is 76.6 Å². The van der Waals surface area contributed by atoms with Gasteiger partial charge in [0.25, 0.3) is 5.56 Å². The summed E-state index contributed by atoms with van der Waals surface area (Å²) < 4.78 is 39.7. The van der Waals surface area contributed by atoms with Crippen molar-refractivity contribution in [1.29, 1.82) is 0 Å². The van der Waals surface area contributed by atoms with Gasteiger partial charge in [0, 0.05) is 18.9 Å². The summed E-state index contributed by atoms with van der Waals surface area (Å²) in [5.41, 5.74) is -0.0923. The molecule has 0 radical (unpaired) electrons. The van der Waals surface area contributed by atoms with Crippen LogP contribution < -0.4 is 5.56 Å². The third-order valence-corrected chi connectivity index (χ3v) is 2.80. The van der Waals surface area contributed by atoms with Gasteiger partial charge in [-0.25, -0.2) is 4.52 Å². The fourth-order valence-electron chi connectivity index (χ4n) is 1.81. The van der Waals surface area contributed by atoms with E-state index < -0.39 is 30.2 Å². The third-order valence-electron chi connectivity index (χ3n) is 2.80. The summed E-state index contributed by atoms with van der Waals surface area (Å²) >= 11 is 0. The summed E-state index contributed by atoms with van der Waals surface area (Å²) in [7, 11) is 0. The molecule has 1 unspecified atom stereocenters. The van der Waals surface area contributed by atoms with Crippen LogP contribution in [0.1, 0.15) is 5.69 Å². The van der Waals surface area contributed by atoms with E-state index in [1.165, 1.54) is 16.8 Å². The maximum atomic E-state index is 12.6.